The molecule has 0 spiro atoms. The first-order valence-electron chi connectivity index (χ1n) is 7.51. The van der Waals surface area contributed by atoms with Gasteiger partial charge in [0.25, 0.3) is 0 Å². The Morgan fingerprint density at radius 2 is 1.80 bits per heavy atom. The van der Waals surface area contributed by atoms with Crippen LogP contribution in [0.4, 0.5) is 0 Å². The minimum atomic E-state index is 0.516. The molecule has 20 heavy (non-hydrogen) atoms. The Hall–Kier alpha value is -1.82. The summed E-state index contributed by atoms with van der Waals surface area (Å²) in [5, 5.41) is 0. The molecular formula is C20H24. The van der Waals surface area contributed by atoms with E-state index in [4.69, 9.17) is 0 Å². The molecule has 0 radical (unpaired) electrons. The Morgan fingerprint density at radius 3 is 2.50 bits per heavy atom. The molecule has 0 saturated heterocycles. The first-order valence-corrected chi connectivity index (χ1v) is 7.51. The zero-order chi connectivity index (χ0) is 14.5. The molecule has 0 fully saturated rings. The maximum atomic E-state index is 4.34. The monoisotopic (exact) mass is 264 g/mol. The molecule has 0 aliphatic carbocycles. The predicted molar refractivity (Wildman–Crippen MR) is 89.1 cm³/mol. The van der Waals surface area contributed by atoms with E-state index in [1.54, 1.807) is 0 Å². The fraction of sp³-hybridized carbons (Fsp3) is 0.300. The van der Waals surface area contributed by atoms with Crippen LogP contribution in [0.15, 0.2) is 55.1 Å². The zero-order valence-corrected chi connectivity index (χ0v) is 12.8. The van der Waals surface area contributed by atoms with E-state index < -0.39 is 0 Å². The molecule has 0 aliphatic heterocycles. The average Bonchev–Trinajstić information content (AvgIpc) is 2.47. The molecule has 0 saturated carbocycles. The Kier molecular flexibility index (Phi) is 4.79. The number of rotatable bonds is 5. The smallest absolute Gasteiger partial charge is 0.0149 e. The van der Waals surface area contributed by atoms with Crippen LogP contribution in [0.1, 0.15) is 55.4 Å². The summed E-state index contributed by atoms with van der Waals surface area (Å²) in [5.74, 6) is 0.516. The average molecular weight is 264 g/mol. The third-order valence-electron chi connectivity index (χ3n) is 3.72. The standard InChI is InChI=1S/C20H24/c1-5-9-17-10-8-11-18(14-17)16(4)20-13-7-6-12-19(20)15(2)3/h6-8,10-15H,4-5,9H2,1-3H3. The van der Waals surface area contributed by atoms with Gasteiger partial charge in [-0.25, -0.2) is 0 Å². The molecule has 2 rings (SSSR count). The molecule has 2 aromatic carbocycles. The molecular weight excluding hydrogens is 240 g/mol. The highest BCUT2D eigenvalue weighted by Gasteiger charge is 2.10. The Labute approximate surface area is 123 Å². The number of hydrogen-bond donors (Lipinski definition) is 0. The number of hydrogen-bond acceptors (Lipinski definition) is 0. The summed E-state index contributed by atoms with van der Waals surface area (Å²) in [7, 11) is 0. The highest BCUT2D eigenvalue weighted by atomic mass is 14.1. The number of aryl methyl sites for hydroxylation is 1. The maximum Gasteiger partial charge on any atom is -0.0149 e. The fourth-order valence-corrected chi connectivity index (χ4v) is 2.63. The maximum absolute atomic E-state index is 4.34. The van der Waals surface area contributed by atoms with Gasteiger partial charge in [0, 0.05) is 0 Å². The van der Waals surface area contributed by atoms with Crippen LogP contribution in [-0.2, 0) is 6.42 Å². The van der Waals surface area contributed by atoms with Crippen LogP contribution in [-0.4, -0.2) is 0 Å². The lowest BCUT2D eigenvalue weighted by atomic mass is 9.89. The topological polar surface area (TPSA) is 0 Å². The van der Waals surface area contributed by atoms with Crippen LogP contribution < -0.4 is 0 Å². The molecule has 0 aliphatic rings. The lowest BCUT2D eigenvalue weighted by Crippen LogP contribution is -1.97. The van der Waals surface area contributed by atoms with Crippen LogP contribution >= 0.6 is 0 Å². The van der Waals surface area contributed by atoms with Gasteiger partial charge in [0.15, 0.2) is 0 Å². The molecule has 0 heterocycles. The van der Waals surface area contributed by atoms with Crippen molar-refractivity contribution in [2.45, 2.75) is 39.5 Å². The van der Waals surface area contributed by atoms with Gasteiger partial charge in [-0.2, -0.15) is 0 Å². The van der Waals surface area contributed by atoms with Crippen molar-refractivity contribution in [1.82, 2.24) is 0 Å². The van der Waals surface area contributed by atoms with Gasteiger partial charge < -0.3 is 0 Å². The second-order valence-electron chi connectivity index (χ2n) is 5.67. The molecule has 0 nitrogen and oxygen atoms in total. The minimum Gasteiger partial charge on any atom is -0.0905 e. The van der Waals surface area contributed by atoms with E-state index in [1.165, 1.54) is 28.7 Å². The molecule has 0 heteroatoms. The number of benzene rings is 2. The van der Waals surface area contributed by atoms with Crippen LogP contribution in [0.5, 0.6) is 0 Å². The molecule has 0 amide bonds. The Bertz CT molecular complexity index is 590. The zero-order valence-electron chi connectivity index (χ0n) is 12.8. The van der Waals surface area contributed by atoms with E-state index in [1.807, 2.05) is 0 Å². The van der Waals surface area contributed by atoms with E-state index in [-0.39, 0.29) is 0 Å². The summed E-state index contributed by atoms with van der Waals surface area (Å²) in [5.41, 5.74) is 6.42. The van der Waals surface area contributed by atoms with E-state index >= 15 is 0 Å². The van der Waals surface area contributed by atoms with Gasteiger partial charge in [-0.15, -0.1) is 0 Å². The molecule has 2 aromatic rings. The Morgan fingerprint density at radius 1 is 1.05 bits per heavy atom. The van der Waals surface area contributed by atoms with Gasteiger partial charge in [0.1, 0.15) is 0 Å². The summed E-state index contributed by atoms with van der Waals surface area (Å²) < 4.78 is 0. The highest BCUT2D eigenvalue weighted by Crippen LogP contribution is 2.29. The third-order valence-corrected chi connectivity index (χ3v) is 3.72. The lowest BCUT2D eigenvalue weighted by Gasteiger charge is -2.15. The predicted octanol–water partition coefficient (Wildman–Crippen LogP) is 5.82. The first-order chi connectivity index (χ1) is 9.63. The van der Waals surface area contributed by atoms with Crippen LogP contribution in [0.3, 0.4) is 0 Å². The van der Waals surface area contributed by atoms with Gasteiger partial charge >= 0.3 is 0 Å². The van der Waals surface area contributed by atoms with Crippen molar-refractivity contribution in [3.05, 3.63) is 77.4 Å². The van der Waals surface area contributed by atoms with E-state index in [0.29, 0.717) is 5.92 Å². The van der Waals surface area contributed by atoms with E-state index in [0.717, 1.165) is 12.0 Å². The quantitative estimate of drug-likeness (QED) is 0.638. The van der Waals surface area contributed by atoms with Gasteiger partial charge in [-0.3, -0.25) is 0 Å². The van der Waals surface area contributed by atoms with Crippen molar-refractivity contribution in [2.24, 2.45) is 0 Å². The van der Waals surface area contributed by atoms with Gasteiger partial charge in [0.05, 0.1) is 0 Å². The molecule has 0 aromatic heterocycles. The van der Waals surface area contributed by atoms with E-state index in [2.05, 4.69) is 75.9 Å². The molecule has 0 atom stereocenters. The molecule has 0 bridgehead atoms. The highest BCUT2D eigenvalue weighted by molar-refractivity contribution is 5.80. The first kappa shape index (κ1) is 14.6. The second kappa shape index (κ2) is 6.56. The fourth-order valence-electron chi connectivity index (χ4n) is 2.63. The van der Waals surface area contributed by atoms with Crippen molar-refractivity contribution in [3.8, 4) is 0 Å². The summed E-state index contributed by atoms with van der Waals surface area (Å²) >= 11 is 0. The van der Waals surface area contributed by atoms with Crippen molar-refractivity contribution in [2.75, 3.05) is 0 Å². The van der Waals surface area contributed by atoms with Crippen molar-refractivity contribution in [1.29, 1.82) is 0 Å². The van der Waals surface area contributed by atoms with E-state index in [9.17, 15) is 0 Å². The molecule has 0 unspecified atom stereocenters. The van der Waals surface area contributed by atoms with Crippen molar-refractivity contribution >= 4 is 5.57 Å². The van der Waals surface area contributed by atoms with Gasteiger partial charge in [-0.05, 0) is 40.2 Å². The molecule has 0 N–H and O–H groups in total. The minimum absolute atomic E-state index is 0.516. The SMILES string of the molecule is C=C(c1cccc(CCC)c1)c1ccccc1C(C)C. The Balaban J connectivity index is 2.39. The second-order valence-corrected chi connectivity index (χ2v) is 5.67. The van der Waals surface area contributed by atoms with Crippen LogP contribution in [0, 0.1) is 0 Å². The van der Waals surface area contributed by atoms with Crippen LogP contribution in [0.25, 0.3) is 5.57 Å². The summed E-state index contributed by atoms with van der Waals surface area (Å²) in [4.78, 5) is 0. The van der Waals surface area contributed by atoms with Crippen LogP contribution in [0.2, 0.25) is 0 Å². The van der Waals surface area contributed by atoms with Crippen molar-refractivity contribution in [3.63, 3.8) is 0 Å². The lowest BCUT2D eigenvalue weighted by molar-refractivity contribution is 0.863. The normalized spacial score (nSPS) is 10.8. The summed E-state index contributed by atoms with van der Waals surface area (Å²) in [6.45, 7) is 11.0. The summed E-state index contributed by atoms with van der Waals surface area (Å²) in [6.07, 6.45) is 2.31. The third kappa shape index (κ3) is 3.19. The van der Waals surface area contributed by atoms with Gasteiger partial charge in [-0.1, -0.05) is 82.3 Å². The van der Waals surface area contributed by atoms with Gasteiger partial charge in [0.2, 0.25) is 0 Å². The summed E-state index contributed by atoms with van der Waals surface area (Å²) in [6, 6.07) is 17.4. The molecule has 104 valence electrons. The largest absolute Gasteiger partial charge is 0.0905 e. The van der Waals surface area contributed by atoms with Crippen molar-refractivity contribution < 1.29 is 0 Å².